The summed E-state index contributed by atoms with van der Waals surface area (Å²) in [4.78, 5) is 47.9. The Bertz CT molecular complexity index is 917. The monoisotopic (exact) mass is 436 g/mol. The molecule has 1 aliphatic rings. The molecule has 0 spiro atoms. The molecule has 9 nitrogen and oxygen atoms in total. The number of fused-ring (bicyclic) bond motifs is 1. The second-order valence-corrected chi connectivity index (χ2v) is 8.30. The zero-order valence-electron chi connectivity index (χ0n) is 16.0. The summed E-state index contributed by atoms with van der Waals surface area (Å²) >= 11 is 7.11. The normalized spacial score (nSPS) is 14.6. The molecule has 1 atom stereocenters. The van der Waals surface area contributed by atoms with Crippen LogP contribution in [0.25, 0.3) is 0 Å². The summed E-state index contributed by atoms with van der Waals surface area (Å²) in [5.41, 5.74) is 0.978. The van der Waals surface area contributed by atoms with E-state index in [-0.39, 0.29) is 24.3 Å². The molecule has 0 saturated heterocycles. The second-order valence-electron chi connectivity index (χ2n) is 6.78. The Morgan fingerprint density at radius 2 is 2.10 bits per heavy atom. The fourth-order valence-electron chi connectivity index (χ4n) is 2.71. The van der Waals surface area contributed by atoms with Gasteiger partial charge in [-0.1, -0.05) is 11.6 Å². The molecule has 3 heterocycles. The summed E-state index contributed by atoms with van der Waals surface area (Å²) in [6.45, 7) is 3.55. The van der Waals surface area contributed by atoms with Gasteiger partial charge in [0.05, 0.1) is 10.7 Å². The van der Waals surface area contributed by atoms with Crippen molar-refractivity contribution in [1.82, 2.24) is 25.5 Å². The molecular weight excluding hydrogens is 416 g/mol. The van der Waals surface area contributed by atoms with E-state index in [9.17, 15) is 14.4 Å². The van der Waals surface area contributed by atoms with Crippen molar-refractivity contribution in [1.29, 1.82) is 0 Å². The van der Waals surface area contributed by atoms with Crippen LogP contribution in [0.3, 0.4) is 0 Å². The molecule has 0 saturated carbocycles. The third-order valence-electron chi connectivity index (χ3n) is 4.24. The third kappa shape index (κ3) is 5.72. The van der Waals surface area contributed by atoms with E-state index in [0.717, 1.165) is 30.1 Å². The molecule has 29 heavy (non-hydrogen) atoms. The van der Waals surface area contributed by atoms with Crippen molar-refractivity contribution in [3.63, 3.8) is 0 Å². The van der Waals surface area contributed by atoms with E-state index in [2.05, 4.69) is 30.8 Å². The first-order chi connectivity index (χ1) is 13.8. The van der Waals surface area contributed by atoms with E-state index in [4.69, 9.17) is 11.6 Å². The van der Waals surface area contributed by atoms with E-state index in [1.165, 1.54) is 23.6 Å². The first-order valence-electron chi connectivity index (χ1n) is 9.00. The van der Waals surface area contributed by atoms with Crippen LogP contribution in [0.15, 0.2) is 18.3 Å². The minimum Gasteiger partial charge on any atom is -0.346 e. The fourth-order valence-corrected chi connectivity index (χ4v) is 3.91. The van der Waals surface area contributed by atoms with Gasteiger partial charge in [0.15, 0.2) is 5.01 Å². The number of likely N-dealkylation sites (N-methyl/N-ethyl adjacent to an activating group) is 1. The van der Waals surface area contributed by atoms with Crippen LogP contribution in [0.4, 0.5) is 5.82 Å². The number of amides is 3. The number of halogens is 1. The van der Waals surface area contributed by atoms with Crippen LogP contribution in [0.1, 0.15) is 27.3 Å². The minimum absolute atomic E-state index is 0.0971. The van der Waals surface area contributed by atoms with E-state index < -0.39 is 11.8 Å². The van der Waals surface area contributed by atoms with Gasteiger partial charge in [0, 0.05) is 43.2 Å². The number of carbonyl (C=O) groups excluding carboxylic acids is 3. The number of thiazole rings is 1. The standard InChI is InChI=1S/C18H21ClN6O3S/c1-10(7-21-15(26)16(27)24-14-4-3-11(19)8-20-14)22-17(28)18-23-12-5-6-25(2)9-13(12)29-18/h3-4,8,10H,5-7,9H2,1-2H3,(H,21,26)(H,22,28)(H,20,24,27). The molecule has 0 fully saturated rings. The Morgan fingerprint density at radius 1 is 1.31 bits per heavy atom. The van der Waals surface area contributed by atoms with Gasteiger partial charge in [-0.15, -0.1) is 11.3 Å². The number of anilines is 1. The van der Waals surface area contributed by atoms with Crippen molar-refractivity contribution in [2.24, 2.45) is 0 Å². The number of hydrogen-bond donors (Lipinski definition) is 3. The molecule has 11 heteroatoms. The predicted molar refractivity (Wildman–Crippen MR) is 110 cm³/mol. The molecule has 0 radical (unpaired) electrons. The van der Waals surface area contributed by atoms with Crippen LogP contribution >= 0.6 is 22.9 Å². The summed E-state index contributed by atoms with van der Waals surface area (Å²) in [6, 6.07) is 2.66. The van der Waals surface area contributed by atoms with Gasteiger partial charge in [0.2, 0.25) is 0 Å². The molecule has 3 N–H and O–H groups in total. The predicted octanol–water partition coefficient (Wildman–Crippen LogP) is 1.05. The Hall–Kier alpha value is -2.56. The molecule has 0 aromatic carbocycles. The number of carbonyl (C=O) groups is 3. The largest absolute Gasteiger partial charge is 0.346 e. The maximum Gasteiger partial charge on any atom is 0.314 e. The molecular formula is C18H21ClN6O3S. The molecule has 3 amide bonds. The summed E-state index contributed by atoms with van der Waals surface area (Å²) in [7, 11) is 2.03. The number of nitrogens with one attached hydrogen (secondary N) is 3. The Kier molecular flexibility index (Phi) is 6.78. The van der Waals surface area contributed by atoms with Crippen LogP contribution in [0.5, 0.6) is 0 Å². The second kappa shape index (κ2) is 9.29. The highest BCUT2D eigenvalue weighted by molar-refractivity contribution is 7.13. The lowest BCUT2D eigenvalue weighted by Gasteiger charge is -2.20. The number of rotatable bonds is 5. The zero-order chi connectivity index (χ0) is 21.0. The smallest absolute Gasteiger partial charge is 0.314 e. The van der Waals surface area contributed by atoms with Crippen molar-refractivity contribution in [3.8, 4) is 0 Å². The van der Waals surface area contributed by atoms with Gasteiger partial charge in [0.1, 0.15) is 5.82 Å². The maximum atomic E-state index is 12.4. The Morgan fingerprint density at radius 3 is 2.83 bits per heavy atom. The third-order valence-corrected chi connectivity index (χ3v) is 5.54. The van der Waals surface area contributed by atoms with Crippen LogP contribution in [0, 0.1) is 0 Å². The van der Waals surface area contributed by atoms with Gasteiger partial charge in [-0.2, -0.15) is 0 Å². The van der Waals surface area contributed by atoms with Crippen molar-refractivity contribution in [2.75, 3.05) is 25.5 Å². The van der Waals surface area contributed by atoms with Crippen LogP contribution in [-0.4, -0.2) is 58.8 Å². The molecule has 1 unspecified atom stereocenters. The number of aromatic nitrogens is 2. The molecule has 3 rings (SSSR count). The van der Waals surface area contributed by atoms with Gasteiger partial charge in [-0.3, -0.25) is 14.4 Å². The van der Waals surface area contributed by atoms with Gasteiger partial charge in [-0.25, -0.2) is 9.97 Å². The topological polar surface area (TPSA) is 116 Å². The van der Waals surface area contributed by atoms with Crippen LogP contribution < -0.4 is 16.0 Å². The van der Waals surface area contributed by atoms with Crippen molar-refractivity contribution < 1.29 is 14.4 Å². The van der Waals surface area contributed by atoms with Crippen molar-refractivity contribution in [3.05, 3.63) is 38.9 Å². The molecule has 2 aromatic rings. The van der Waals surface area contributed by atoms with Gasteiger partial charge >= 0.3 is 11.8 Å². The Balaban J connectivity index is 1.46. The first-order valence-corrected chi connectivity index (χ1v) is 10.2. The van der Waals surface area contributed by atoms with Crippen LogP contribution in [0.2, 0.25) is 5.02 Å². The van der Waals surface area contributed by atoms with Gasteiger partial charge < -0.3 is 20.9 Å². The SMILES string of the molecule is CC(CNC(=O)C(=O)Nc1ccc(Cl)cn1)NC(=O)c1nc2c(s1)CN(C)CC2. The zero-order valence-corrected chi connectivity index (χ0v) is 17.6. The average molecular weight is 437 g/mol. The lowest BCUT2D eigenvalue weighted by atomic mass is 10.2. The van der Waals surface area contributed by atoms with Crippen molar-refractivity contribution >= 4 is 46.5 Å². The first kappa shape index (κ1) is 21.2. The minimum atomic E-state index is -0.852. The maximum absolute atomic E-state index is 12.4. The highest BCUT2D eigenvalue weighted by Crippen LogP contribution is 2.24. The molecule has 0 aliphatic carbocycles. The molecule has 154 valence electrons. The summed E-state index contributed by atoms with van der Waals surface area (Å²) in [5, 5.41) is 8.47. The summed E-state index contributed by atoms with van der Waals surface area (Å²) in [5.74, 6) is -1.75. The van der Waals surface area contributed by atoms with E-state index >= 15 is 0 Å². The number of hydrogen-bond acceptors (Lipinski definition) is 7. The highest BCUT2D eigenvalue weighted by Gasteiger charge is 2.22. The molecule has 0 bridgehead atoms. The Labute approximate surface area is 176 Å². The highest BCUT2D eigenvalue weighted by atomic mass is 35.5. The number of pyridine rings is 1. The quantitative estimate of drug-likeness (QED) is 0.603. The number of nitrogens with zero attached hydrogens (tertiary/aromatic N) is 3. The van der Waals surface area contributed by atoms with E-state index in [1.54, 1.807) is 13.0 Å². The van der Waals surface area contributed by atoms with E-state index in [1.807, 2.05) is 7.05 Å². The fraction of sp³-hybridized carbons (Fsp3) is 0.389. The van der Waals surface area contributed by atoms with Gasteiger partial charge in [-0.05, 0) is 26.1 Å². The molecule has 2 aromatic heterocycles. The lowest BCUT2D eigenvalue weighted by Crippen LogP contribution is -2.44. The van der Waals surface area contributed by atoms with Gasteiger partial charge in [0.25, 0.3) is 5.91 Å². The molecule has 1 aliphatic heterocycles. The van der Waals surface area contributed by atoms with Crippen molar-refractivity contribution in [2.45, 2.75) is 25.9 Å². The van der Waals surface area contributed by atoms with Crippen LogP contribution in [-0.2, 0) is 22.6 Å². The summed E-state index contributed by atoms with van der Waals surface area (Å²) < 4.78 is 0. The lowest BCUT2D eigenvalue weighted by molar-refractivity contribution is -0.136. The average Bonchev–Trinajstić information content (AvgIpc) is 3.11. The van der Waals surface area contributed by atoms with E-state index in [0.29, 0.717) is 10.0 Å². The summed E-state index contributed by atoms with van der Waals surface area (Å²) in [6.07, 6.45) is 2.19.